The lowest BCUT2D eigenvalue weighted by Gasteiger charge is -2.20. The molecule has 0 unspecified atom stereocenters. The van der Waals surface area contributed by atoms with Gasteiger partial charge in [-0.3, -0.25) is 0 Å². The number of rotatable bonds is 5. The molecule has 0 bridgehead atoms. The van der Waals surface area contributed by atoms with Gasteiger partial charge < -0.3 is 13.9 Å². The normalized spacial score (nSPS) is 17.1. The number of para-hydroxylation sites is 1. The van der Waals surface area contributed by atoms with Gasteiger partial charge in [-0.25, -0.2) is 8.42 Å². The van der Waals surface area contributed by atoms with Crippen LogP contribution in [0.4, 0.5) is 0 Å². The van der Waals surface area contributed by atoms with E-state index in [1.165, 1.54) is 12.1 Å². The zero-order valence-electron chi connectivity index (χ0n) is 17.1. The number of furan rings is 1. The predicted molar refractivity (Wildman–Crippen MR) is 126 cm³/mol. The minimum absolute atomic E-state index is 0.0887. The van der Waals surface area contributed by atoms with E-state index in [4.69, 9.17) is 26.1 Å². The van der Waals surface area contributed by atoms with Crippen molar-refractivity contribution >= 4 is 38.1 Å². The summed E-state index contributed by atoms with van der Waals surface area (Å²) in [6, 6.07) is 13.3. The van der Waals surface area contributed by atoms with Crippen LogP contribution in [-0.4, -0.2) is 26.5 Å². The SMILES string of the molecule is O=S(=O)(N[C@H](C1=CC(=S)CC=C1)c1cc2ccccc2o1)c1ccc2c(c1)OCCCO2. The van der Waals surface area contributed by atoms with Crippen molar-refractivity contribution in [1.29, 1.82) is 0 Å². The van der Waals surface area contributed by atoms with E-state index in [9.17, 15) is 8.42 Å². The van der Waals surface area contributed by atoms with E-state index >= 15 is 0 Å². The lowest BCUT2D eigenvalue weighted by atomic mass is 9.99. The summed E-state index contributed by atoms with van der Waals surface area (Å²) in [5, 5.41) is 0.894. The molecule has 2 aromatic carbocycles. The summed E-state index contributed by atoms with van der Waals surface area (Å²) in [5.41, 5.74) is 1.41. The lowest BCUT2D eigenvalue weighted by Crippen LogP contribution is -2.30. The van der Waals surface area contributed by atoms with Crippen molar-refractivity contribution in [2.75, 3.05) is 13.2 Å². The van der Waals surface area contributed by atoms with E-state index in [1.807, 2.05) is 48.6 Å². The fourth-order valence-corrected chi connectivity index (χ4v) is 5.19. The van der Waals surface area contributed by atoms with Crippen molar-refractivity contribution in [3.8, 4) is 11.5 Å². The van der Waals surface area contributed by atoms with Gasteiger partial charge in [-0.05, 0) is 35.9 Å². The Hall–Kier alpha value is -2.94. The molecule has 1 aliphatic carbocycles. The topological polar surface area (TPSA) is 77.8 Å². The maximum atomic E-state index is 13.4. The average molecular weight is 468 g/mol. The Morgan fingerprint density at radius 3 is 2.62 bits per heavy atom. The third-order valence-corrected chi connectivity index (χ3v) is 7.03. The number of ether oxygens (including phenoxy) is 2. The molecule has 8 heteroatoms. The predicted octanol–water partition coefficient (Wildman–Crippen LogP) is 4.87. The molecule has 1 aliphatic heterocycles. The van der Waals surface area contributed by atoms with E-state index in [0.29, 0.717) is 42.5 Å². The van der Waals surface area contributed by atoms with Crippen LogP contribution in [0.5, 0.6) is 11.5 Å². The molecule has 5 rings (SSSR count). The molecule has 1 N–H and O–H groups in total. The van der Waals surface area contributed by atoms with Crippen LogP contribution in [0.1, 0.15) is 24.6 Å². The Labute approximate surface area is 191 Å². The summed E-state index contributed by atoms with van der Waals surface area (Å²) in [6.07, 6.45) is 7.02. The minimum atomic E-state index is -3.92. The van der Waals surface area contributed by atoms with E-state index in [1.54, 1.807) is 6.07 Å². The molecule has 0 fully saturated rings. The quantitative estimate of drug-likeness (QED) is 0.540. The van der Waals surface area contributed by atoms with Gasteiger partial charge in [0.2, 0.25) is 10.0 Å². The van der Waals surface area contributed by atoms with Gasteiger partial charge in [0.25, 0.3) is 0 Å². The molecule has 0 saturated carbocycles. The van der Waals surface area contributed by atoms with Crippen LogP contribution in [-0.2, 0) is 10.0 Å². The molecule has 1 atom stereocenters. The van der Waals surface area contributed by atoms with E-state index < -0.39 is 16.1 Å². The number of fused-ring (bicyclic) bond motifs is 2. The van der Waals surface area contributed by atoms with Crippen molar-refractivity contribution in [2.45, 2.75) is 23.8 Å². The second kappa shape index (κ2) is 8.54. The summed E-state index contributed by atoms with van der Waals surface area (Å²) in [4.78, 5) is 0.823. The third kappa shape index (κ3) is 4.21. The number of thiocarbonyl (C=S) groups is 1. The lowest BCUT2D eigenvalue weighted by molar-refractivity contribution is 0.297. The monoisotopic (exact) mass is 467 g/mol. The zero-order chi connectivity index (χ0) is 22.1. The van der Waals surface area contributed by atoms with Gasteiger partial charge >= 0.3 is 0 Å². The van der Waals surface area contributed by atoms with E-state index in [2.05, 4.69) is 4.72 Å². The molecule has 1 aromatic heterocycles. The van der Waals surface area contributed by atoms with Crippen molar-refractivity contribution < 1.29 is 22.3 Å². The van der Waals surface area contributed by atoms with Gasteiger partial charge in [0.05, 0.1) is 18.1 Å². The highest BCUT2D eigenvalue weighted by Gasteiger charge is 2.28. The second-order valence-corrected chi connectivity index (χ2v) is 9.86. The minimum Gasteiger partial charge on any atom is -0.490 e. The maximum Gasteiger partial charge on any atom is 0.241 e. The van der Waals surface area contributed by atoms with Crippen molar-refractivity contribution in [3.63, 3.8) is 0 Å². The van der Waals surface area contributed by atoms with Gasteiger partial charge in [0.1, 0.15) is 17.4 Å². The summed E-state index contributed by atoms with van der Waals surface area (Å²) in [6.45, 7) is 1.01. The molecule has 6 nitrogen and oxygen atoms in total. The molecule has 0 saturated heterocycles. The first-order chi connectivity index (χ1) is 15.5. The van der Waals surface area contributed by atoms with Crippen molar-refractivity contribution in [3.05, 3.63) is 78.1 Å². The van der Waals surface area contributed by atoms with Crippen LogP contribution in [0.15, 0.2) is 81.6 Å². The highest BCUT2D eigenvalue weighted by molar-refractivity contribution is 7.89. The van der Waals surface area contributed by atoms with Crippen LogP contribution < -0.4 is 14.2 Å². The largest absolute Gasteiger partial charge is 0.490 e. The van der Waals surface area contributed by atoms with Crippen molar-refractivity contribution in [2.24, 2.45) is 0 Å². The number of hydrogen-bond acceptors (Lipinski definition) is 6. The highest BCUT2D eigenvalue weighted by Crippen LogP contribution is 2.35. The van der Waals surface area contributed by atoms with Gasteiger partial charge in [0, 0.05) is 29.2 Å². The molecule has 2 aliphatic rings. The Kier molecular flexibility index (Phi) is 5.58. The number of hydrogen-bond donors (Lipinski definition) is 1. The number of sulfonamides is 1. The van der Waals surface area contributed by atoms with Gasteiger partial charge in [-0.15, -0.1) is 0 Å². The Bertz CT molecular complexity index is 1320. The molecule has 0 radical (unpaired) electrons. The summed E-state index contributed by atoms with van der Waals surface area (Å²) in [7, 11) is -3.92. The molecule has 0 spiro atoms. The van der Waals surface area contributed by atoms with Crippen LogP contribution in [0, 0.1) is 0 Å². The van der Waals surface area contributed by atoms with E-state index in [0.717, 1.165) is 22.2 Å². The Morgan fingerprint density at radius 2 is 1.81 bits per heavy atom. The third-order valence-electron chi connectivity index (χ3n) is 5.32. The summed E-state index contributed by atoms with van der Waals surface area (Å²) in [5.74, 6) is 1.45. The van der Waals surface area contributed by atoms with Gasteiger partial charge in [-0.2, -0.15) is 4.72 Å². The van der Waals surface area contributed by atoms with Crippen LogP contribution >= 0.6 is 12.2 Å². The highest BCUT2D eigenvalue weighted by atomic mass is 32.2. The van der Waals surface area contributed by atoms with Crippen LogP contribution in [0.2, 0.25) is 0 Å². The summed E-state index contributed by atoms with van der Waals surface area (Å²) < 4.78 is 46.9. The number of nitrogens with one attached hydrogen (secondary N) is 1. The molecule has 32 heavy (non-hydrogen) atoms. The first-order valence-electron chi connectivity index (χ1n) is 10.3. The Balaban J connectivity index is 1.54. The number of benzene rings is 2. The molecular weight excluding hydrogens is 446 g/mol. The zero-order valence-corrected chi connectivity index (χ0v) is 18.7. The second-order valence-electron chi connectivity index (χ2n) is 7.62. The molecule has 164 valence electrons. The van der Waals surface area contributed by atoms with Crippen LogP contribution in [0.25, 0.3) is 11.0 Å². The van der Waals surface area contributed by atoms with E-state index in [-0.39, 0.29) is 4.90 Å². The molecule has 0 amide bonds. The van der Waals surface area contributed by atoms with Gasteiger partial charge in [0.15, 0.2) is 11.5 Å². The molecule has 3 aromatic rings. The van der Waals surface area contributed by atoms with Crippen molar-refractivity contribution in [1.82, 2.24) is 4.72 Å². The standard InChI is InChI=1S/C24H21NO5S2/c26-32(27,19-9-10-21-22(15-19)29-12-4-11-28-21)25-24(17-6-3-7-18(31)13-17)23-14-16-5-1-2-8-20(16)30-23/h1-3,5-6,8-10,13-15,24-25H,4,7,11-12H2/t24-/m1/s1. The Morgan fingerprint density at radius 1 is 1.00 bits per heavy atom. The molecular formula is C24H21NO5S2. The van der Waals surface area contributed by atoms with Gasteiger partial charge in [-0.1, -0.05) is 42.6 Å². The van der Waals surface area contributed by atoms with Crippen LogP contribution in [0.3, 0.4) is 0 Å². The average Bonchev–Trinajstić information content (AvgIpc) is 3.07. The first kappa shape index (κ1) is 20.9. The first-order valence-corrected chi connectivity index (χ1v) is 12.2. The molecule has 2 heterocycles. The fraction of sp³-hybridized carbons (Fsp3) is 0.208. The maximum absolute atomic E-state index is 13.4. The smallest absolute Gasteiger partial charge is 0.241 e. The fourth-order valence-electron chi connectivity index (χ4n) is 3.75. The number of allylic oxidation sites excluding steroid dienone is 2. The summed E-state index contributed by atoms with van der Waals surface area (Å²) >= 11 is 5.36.